The summed E-state index contributed by atoms with van der Waals surface area (Å²) in [6.45, 7) is 6.55. The summed E-state index contributed by atoms with van der Waals surface area (Å²) in [6.07, 6.45) is 2.47. The van der Waals surface area contributed by atoms with Crippen molar-refractivity contribution in [1.29, 1.82) is 0 Å². The first-order valence-corrected chi connectivity index (χ1v) is 10.1. The summed E-state index contributed by atoms with van der Waals surface area (Å²) in [7, 11) is 0. The normalized spacial score (nSPS) is 16.8. The van der Waals surface area contributed by atoms with E-state index in [0.717, 1.165) is 24.6 Å². The van der Waals surface area contributed by atoms with Gasteiger partial charge in [-0.25, -0.2) is 0 Å². The maximum atomic E-state index is 12.5. The Bertz CT molecular complexity index is 854. The van der Waals surface area contributed by atoms with Gasteiger partial charge in [-0.05, 0) is 49.2 Å². The van der Waals surface area contributed by atoms with E-state index in [0.29, 0.717) is 26.2 Å². The molecule has 8 nitrogen and oxygen atoms in total. The first-order valence-electron chi connectivity index (χ1n) is 10.1. The van der Waals surface area contributed by atoms with Crippen molar-refractivity contribution in [1.82, 2.24) is 15.1 Å². The van der Waals surface area contributed by atoms with Crippen LogP contribution in [-0.2, 0) is 4.79 Å². The SMILES string of the molecule is CC(=O)N1CCN(c2ccc(C(=O)Nc3ccc(N4CCCC4)cc3)nn2)CC1. The molecule has 3 heterocycles. The number of amides is 2. The molecule has 2 saturated heterocycles. The van der Waals surface area contributed by atoms with E-state index in [1.54, 1.807) is 13.0 Å². The van der Waals surface area contributed by atoms with E-state index in [-0.39, 0.29) is 17.5 Å². The Morgan fingerprint density at radius 2 is 1.52 bits per heavy atom. The van der Waals surface area contributed by atoms with Crippen LogP contribution >= 0.6 is 0 Å². The van der Waals surface area contributed by atoms with Gasteiger partial charge in [0.2, 0.25) is 5.91 Å². The number of aromatic nitrogens is 2. The zero-order valence-corrected chi connectivity index (χ0v) is 16.7. The van der Waals surface area contributed by atoms with Crippen LogP contribution in [0.3, 0.4) is 0 Å². The quantitative estimate of drug-likeness (QED) is 0.854. The average Bonchev–Trinajstić information content (AvgIpc) is 3.29. The molecule has 0 atom stereocenters. The molecule has 152 valence electrons. The molecular formula is C21H26N6O2. The van der Waals surface area contributed by atoms with E-state index >= 15 is 0 Å². The van der Waals surface area contributed by atoms with E-state index in [1.165, 1.54) is 18.5 Å². The monoisotopic (exact) mass is 394 g/mol. The fraction of sp³-hybridized carbons (Fsp3) is 0.429. The predicted octanol–water partition coefficient (Wildman–Crippen LogP) is 2.00. The number of nitrogens with zero attached hydrogens (tertiary/aromatic N) is 5. The fourth-order valence-corrected chi connectivity index (χ4v) is 3.79. The smallest absolute Gasteiger partial charge is 0.276 e. The van der Waals surface area contributed by atoms with Crippen molar-refractivity contribution in [3.05, 3.63) is 42.1 Å². The van der Waals surface area contributed by atoms with Crippen LogP contribution in [0, 0.1) is 0 Å². The second-order valence-corrected chi connectivity index (χ2v) is 7.47. The van der Waals surface area contributed by atoms with Gasteiger partial charge < -0.3 is 20.0 Å². The minimum absolute atomic E-state index is 0.0937. The van der Waals surface area contributed by atoms with Crippen LogP contribution in [0.15, 0.2) is 36.4 Å². The van der Waals surface area contributed by atoms with Gasteiger partial charge >= 0.3 is 0 Å². The topological polar surface area (TPSA) is 81.7 Å². The molecular weight excluding hydrogens is 368 g/mol. The van der Waals surface area contributed by atoms with Crippen LogP contribution in [0.4, 0.5) is 17.2 Å². The summed E-state index contributed by atoms with van der Waals surface area (Å²) in [5.74, 6) is 0.537. The Balaban J connectivity index is 1.34. The van der Waals surface area contributed by atoms with Crippen molar-refractivity contribution in [3.63, 3.8) is 0 Å². The van der Waals surface area contributed by atoms with Crippen molar-refractivity contribution < 1.29 is 9.59 Å². The van der Waals surface area contributed by atoms with E-state index < -0.39 is 0 Å². The number of benzene rings is 1. The Morgan fingerprint density at radius 3 is 2.10 bits per heavy atom. The summed E-state index contributed by atoms with van der Waals surface area (Å²) in [5.41, 5.74) is 2.21. The Morgan fingerprint density at radius 1 is 0.828 bits per heavy atom. The van der Waals surface area contributed by atoms with Crippen LogP contribution in [0.1, 0.15) is 30.3 Å². The van der Waals surface area contributed by atoms with Crippen molar-refractivity contribution in [2.24, 2.45) is 0 Å². The number of hydrogen-bond donors (Lipinski definition) is 1. The molecule has 0 radical (unpaired) electrons. The van der Waals surface area contributed by atoms with E-state index in [1.807, 2.05) is 35.2 Å². The lowest BCUT2D eigenvalue weighted by Gasteiger charge is -2.34. The zero-order chi connectivity index (χ0) is 20.2. The highest BCUT2D eigenvalue weighted by molar-refractivity contribution is 6.02. The van der Waals surface area contributed by atoms with E-state index in [4.69, 9.17) is 0 Å². The van der Waals surface area contributed by atoms with Crippen LogP contribution in [0.5, 0.6) is 0 Å². The summed E-state index contributed by atoms with van der Waals surface area (Å²) in [6, 6.07) is 11.4. The molecule has 2 fully saturated rings. The number of carbonyl (C=O) groups excluding carboxylic acids is 2. The highest BCUT2D eigenvalue weighted by atomic mass is 16.2. The van der Waals surface area contributed by atoms with Crippen molar-refractivity contribution in [2.45, 2.75) is 19.8 Å². The van der Waals surface area contributed by atoms with Gasteiger partial charge in [0.1, 0.15) is 0 Å². The predicted molar refractivity (Wildman–Crippen MR) is 112 cm³/mol. The van der Waals surface area contributed by atoms with Crippen molar-refractivity contribution in [3.8, 4) is 0 Å². The van der Waals surface area contributed by atoms with Crippen molar-refractivity contribution >= 4 is 29.0 Å². The standard InChI is InChI=1S/C21H26N6O2/c1-16(28)25-12-14-27(15-13-25)20-9-8-19(23-24-20)21(29)22-17-4-6-18(7-5-17)26-10-2-3-11-26/h4-9H,2-3,10-15H2,1H3,(H,22,29). The first-order chi connectivity index (χ1) is 14.1. The second-order valence-electron chi connectivity index (χ2n) is 7.47. The number of carbonyl (C=O) groups is 2. The van der Waals surface area contributed by atoms with Gasteiger partial charge in [-0.2, -0.15) is 0 Å². The second kappa shape index (κ2) is 8.46. The maximum absolute atomic E-state index is 12.5. The van der Waals surface area contributed by atoms with Gasteiger partial charge in [0.15, 0.2) is 11.5 Å². The fourth-order valence-electron chi connectivity index (χ4n) is 3.79. The number of piperazine rings is 1. The van der Waals surface area contributed by atoms with Gasteiger partial charge in [0, 0.05) is 57.6 Å². The number of rotatable bonds is 4. The number of nitrogens with one attached hydrogen (secondary N) is 1. The van der Waals surface area contributed by atoms with Gasteiger partial charge in [0.25, 0.3) is 5.91 Å². The molecule has 0 saturated carbocycles. The Hall–Kier alpha value is -3.16. The van der Waals surface area contributed by atoms with Gasteiger partial charge in [-0.3, -0.25) is 9.59 Å². The third kappa shape index (κ3) is 4.47. The molecule has 1 aromatic carbocycles. The molecule has 2 amide bonds. The molecule has 8 heteroatoms. The molecule has 2 aromatic rings. The van der Waals surface area contributed by atoms with E-state index in [2.05, 4.69) is 25.3 Å². The number of hydrogen-bond acceptors (Lipinski definition) is 6. The minimum Gasteiger partial charge on any atom is -0.372 e. The number of anilines is 3. The summed E-state index contributed by atoms with van der Waals surface area (Å²) in [5, 5.41) is 11.2. The summed E-state index contributed by atoms with van der Waals surface area (Å²) >= 11 is 0. The molecule has 2 aliphatic heterocycles. The average molecular weight is 394 g/mol. The molecule has 0 bridgehead atoms. The van der Waals surface area contributed by atoms with E-state index in [9.17, 15) is 9.59 Å². The lowest BCUT2D eigenvalue weighted by atomic mass is 10.2. The van der Waals surface area contributed by atoms with Gasteiger partial charge in [0.05, 0.1) is 0 Å². The molecule has 4 rings (SSSR count). The molecule has 0 unspecified atom stereocenters. The summed E-state index contributed by atoms with van der Waals surface area (Å²) < 4.78 is 0. The van der Waals surface area contributed by atoms with Gasteiger partial charge in [-0.1, -0.05) is 0 Å². The Kier molecular flexibility index (Phi) is 5.59. The highest BCUT2D eigenvalue weighted by Gasteiger charge is 2.20. The third-order valence-electron chi connectivity index (χ3n) is 5.53. The van der Waals surface area contributed by atoms with Crippen LogP contribution in [-0.4, -0.2) is 66.2 Å². The third-order valence-corrected chi connectivity index (χ3v) is 5.53. The maximum Gasteiger partial charge on any atom is 0.276 e. The zero-order valence-electron chi connectivity index (χ0n) is 16.7. The van der Waals surface area contributed by atoms with Crippen LogP contribution in [0.25, 0.3) is 0 Å². The molecule has 0 spiro atoms. The Labute approximate surface area is 170 Å². The van der Waals surface area contributed by atoms with Crippen LogP contribution < -0.4 is 15.1 Å². The molecule has 1 N–H and O–H groups in total. The lowest BCUT2D eigenvalue weighted by molar-refractivity contribution is -0.129. The molecule has 29 heavy (non-hydrogen) atoms. The highest BCUT2D eigenvalue weighted by Crippen LogP contribution is 2.22. The lowest BCUT2D eigenvalue weighted by Crippen LogP contribution is -2.48. The minimum atomic E-state index is -0.278. The molecule has 2 aliphatic rings. The largest absolute Gasteiger partial charge is 0.372 e. The molecule has 1 aromatic heterocycles. The van der Waals surface area contributed by atoms with Crippen LogP contribution in [0.2, 0.25) is 0 Å². The molecule has 0 aliphatic carbocycles. The van der Waals surface area contributed by atoms with Crippen molar-refractivity contribution in [2.75, 3.05) is 54.4 Å². The van der Waals surface area contributed by atoms with Gasteiger partial charge in [-0.15, -0.1) is 10.2 Å². The summed E-state index contributed by atoms with van der Waals surface area (Å²) in [4.78, 5) is 30.2. The first kappa shape index (κ1) is 19.2.